The molecule has 3 N–H and O–H groups in total. The molecule has 3 nitrogen and oxygen atoms in total. The van der Waals surface area contributed by atoms with Gasteiger partial charge in [0, 0.05) is 21.9 Å². The second kappa shape index (κ2) is 8.39. The number of benzene rings is 3. The second-order valence-electron chi connectivity index (χ2n) is 8.28. The molecule has 0 fully saturated rings. The van der Waals surface area contributed by atoms with Crippen LogP contribution in [0.4, 0.5) is 18.9 Å². The van der Waals surface area contributed by atoms with Gasteiger partial charge in [0.2, 0.25) is 5.91 Å². The van der Waals surface area contributed by atoms with Gasteiger partial charge in [-0.25, -0.2) is 0 Å². The third kappa shape index (κ3) is 4.30. The average Bonchev–Trinajstić information content (AvgIpc) is 3.20. The summed E-state index contributed by atoms with van der Waals surface area (Å²) in [7, 11) is 0. The van der Waals surface area contributed by atoms with Gasteiger partial charge < -0.3 is 11.1 Å². The minimum absolute atomic E-state index is 0.170. The molecule has 0 radical (unpaired) electrons. The molecule has 1 aliphatic carbocycles. The number of anilines is 1. The Morgan fingerprint density at radius 3 is 2.55 bits per heavy atom. The molecule has 3 aromatic rings. The Bertz CT molecular complexity index is 1280. The lowest BCUT2D eigenvalue weighted by Crippen LogP contribution is -2.36. The second-order valence-corrected chi connectivity index (χ2v) is 9.36. The van der Waals surface area contributed by atoms with Crippen LogP contribution in [0.15, 0.2) is 76.5 Å². The maximum atomic E-state index is 13.6. The van der Waals surface area contributed by atoms with Gasteiger partial charge in [-0.15, -0.1) is 0 Å². The van der Waals surface area contributed by atoms with E-state index >= 15 is 0 Å². The number of hydrogen-bond donors (Lipinski definition) is 2. The third-order valence-electron chi connectivity index (χ3n) is 6.06. The van der Waals surface area contributed by atoms with E-state index < -0.39 is 23.7 Å². The average molecular weight is 467 g/mol. The summed E-state index contributed by atoms with van der Waals surface area (Å²) in [5, 5.41) is 2.71. The molecule has 5 rings (SSSR count). The zero-order valence-electron chi connectivity index (χ0n) is 17.6. The van der Waals surface area contributed by atoms with Crippen molar-refractivity contribution in [1.29, 1.82) is 0 Å². The summed E-state index contributed by atoms with van der Waals surface area (Å²) in [5.41, 5.74) is 10.5. The maximum Gasteiger partial charge on any atom is 0.416 e. The number of allylic oxidation sites excluding steroid dienone is 1. The quantitative estimate of drug-likeness (QED) is 0.385. The highest BCUT2D eigenvalue weighted by Gasteiger charge is 2.34. The first-order chi connectivity index (χ1) is 15.8. The third-order valence-corrected chi connectivity index (χ3v) is 7.26. The lowest BCUT2D eigenvalue weighted by Gasteiger charge is -2.24. The van der Waals surface area contributed by atoms with E-state index in [0.717, 1.165) is 40.1 Å². The van der Waals surface area contributed by atoms with Gasteiger partial charge in [0.15, 0.2) is 0 Å². The minimum atomic E-state index is -4.52. The van der Waals surface area contributed by atoms with Crippen LogP contribution in [-0.4, -0.2) is 11.9 Å². The normalized spacial score (nSPS) is 15.2. The smallest absolute Gasteiger partial charge is 0.324 e. The summed E-state index contributed by atoms with van der Waals surface area (Å²) >= 11 is 1.29. The van der Waals surface area contributed by atoms with E-state index in [1.54, 1.807) is 0 Å². The number of carbonyl (C=O) groups excluding carboxylic acids is 1. The molecule has 168 valence electrons. The molecule has 0 bridgehead atoms. The fourth-order valence-corrected chi connectivity index (χ4v) is 5.50. The van der Waals surface area contributed by atoms with Crippen LogP contribution >= 0.6 is 11.8 Å². The topological polar surface area (TPSA) is 55.1 Å². The molecule has 1 atom stereocenters. The van der Waals surface area contributed by atoms with Gasteiger partial charge in [-0.2, -0.15) is 13.2 Å². The largest absolute Gasteiger partial charge is 0.416 e. The van der Waals surface area contributed by atoms with Crippen LogP contribution in [0.1, 0.15) is 34.2 Å². The summed E-state index contributed by atoms with van der Waals surface area (Å²) in [6.07, 6.45) is -0.913. The molecule has 1 amide bonds. The molecular formula is C26H21F3N2OS. The van der Waals surface area contributed by atoms with Gasteiger partial charge in [-0.05, 0) is 58.9 Å². The van der Waals surface area contributed by atoms with Crippen LogP contribution in [0.2, 0.25) is 0 Å². The lowest BCUT2D eigenvalue weighted by molar-refractivity contribution is -0.137. The molecule has 2 aliphatic rings. The summed E-state index contributed by atoms with van der Waals surface area (Å²) in [6, 6.07) is 16.8. The molecule has 0 saturated heterocycles. The van der Waals surface area contributed by atoms with E-state index in [-0.39, 0.29) is 5.69 Å². The van der Waals surface area contributed by atoms with E-state index in [1.807, 2.05) is 48.5 Å². The number of hydrogen-bond acceptors (Lipinski definition) is 3. The highest BCUT2D eigenvalue weighted by molar-refractivity contribution is 7.99. The van der Waals surface area contributed by atoms with Gasteiger partial charge in [-0.3, -0.25) is 4.79 Å². The summed E-state index contributed by atoms with van der Waals surface area (Å²) in [5.74, 6) is -0.495. The van der Waals surface area contributed by atoms with Gasteiger partial charge >= 0.3 is 6.18 Å². The van der Waals surface area contributed by atoms with Crippen molar-refractivity contribution in [2.45, 2.75) is 41.3 Å². The van der Waals surface area contributed by atoms with E-state index in [0.29, 0.717) is 23.3 Å². The highest BCUT2D eigenvalue weighted by atomic mass is 32.2. The number of amides is 1. The van der Waals surface area contributed by atoms with Gasteiger partial charge in [0.1, 0.15) is 0 Å². The molecule has 1 unspecified atom stereocenters. The molecule has 3 aromatic carbocycles. The van der Waals surface area contributed by atoms with Crippen LogP contribution in [0.25, 0.3) is 5.57 Å². The maximum absolute atomic E-state index is 13.6. The molecule has 0 aromatic heterocycles. The standard InChI is InChI=1S/C26H21F3N2OS/c27-26(28,29)18-13-22(20-11-17-6-2-4-8-23(17)33-24(20)14-18)31-25(32)21(30)12-16-10-9-15-5-1-3-7-19(15)16/h1-8,10,13-14,21H,9,11-12,30H2,(H,31,32). The summed E-state index contributed by atoms with van der Waals surface area (Å²) in [4.78, 5) is 14.4. The molecule has 0 spiro atoms. The molecule has 0 saturated carbocycles. The Labute approximate surface area is 193 Å². The first-order valence-corrected chi connectivity index (χ1v) is 11.4. The highest BCUT2D eigenvalue weighted by Crippen LogP contribution is 2.45. The van der Waals surface area contributed by atoms with E-state index in [2.05, 4.69) is 11.4 Å². The Morgan fingerprint density at radius 1 is 1.03 bits per heavy atom. The van der Waals surface area contributed by atoms with Gasteiger partial charge in [0.25, 0.3) is 0 Å². The summed E-state index contributed by atoms with van der Waals surface area (Å²) in [6.45, 7) is 0. The van der Waals surface area contributed by atoms with Crippen molar-refractivity contribution in [3.05, 3.63) is 94.6 Å². The van der Waals surface area contributed by atoms with Gasteiger partial charge in [-0.1, -0.05) is 60.3 Å². The fourth-order valence-electron chi connectivity index (χ4n) is 4.36. The number of nitrogens with two attached hydrogens (primary N) is 1. The SMILES string of the molecule is NC(CC1=CCc2ccccc21)C(=O)Nc1cc(C(F)(F)F)cc2c1Cc1ccccc1S2. The number of carbonyl (C=O) groups is 1. The van der Waals surface area contributed by atoms with Crippen molar-refractivity contribution in [1.82, 2.24) is 0 Å². The van der Waals surface area contributed by atoms with Crippen molar-refractivity contribution in [2.75, 3.05) is 5.32 Å². The van der Waals surface area contributed by atoms with Crippen LogP contribution < -0.4 is 11.1 Å². The molecular weight excluding hydrogens is 445 g/mol. The first-order valence-electron chi connectivity index (χ1n) is 10.6. The first kappa shape index (κ1) is 21.8. The van der Waals surface area contributed by atoms with Crippen molar-refractivity contribution < 1.29 is 18.0 Å². The monoisotopic (exact) mass is 466 g/mol. The Hall–Kier alpha value is -3.03. The minimum Gasteiger partial charge on any atom is -0.324 e. The van der Waals surface area contributed by atoms with Crippen molar-refractivity contribution in [2.24, 2.45) is 5.73 Å². The molecule has 1 heterocycles. The van der Waals surface area contributed by atoms with Crippen LogP contribution in [0, 0.1) is 0 Å². The fraction of sp³-hybridized carbons (Fsp3) is 0.192. The number of fused-ring (bicyclic) bond motifs is 3. The Morgan fingerprint density at radius 2 is 1.76 bits per heavy atom. The lowest BCUT2D eigenvalue weighted by atomic mass is 9.98. The number of halogens is 3. The van der Waals surface area contributed by atoms with Gasteiger partial charge in [0.05, 0.1) is 11.6 Å². The van der Waals surface area contributed by atoms with E-state index in [9.17, 15) is 18.0 Å². The number of alkyl halides is 3. The summed E-state index contributed by atoms with van der Waals surface area (Å²) < 4.78 is 40.8. The predicted octanol–water partition coefficient (Wildman–Crippen LogP) is 6.06. The van der Waals surface area contributed by atoms with E-state index in [1.165, 1.54) is 17.3 Å². The van der Waals surface area contributed by atoms with Crippen molar-refractivity contribution in [3.8, 4) is 0 Å². The Kier molecular flexibility index (Phi) is 5.54. The molecule has 1 aliphatic heterocycles. The van der Waals surface area contributed by atoms with Crippen LogP contribution in [0.5, 0.6) is 0 Å². The number of rotatable bonds is 4. The van der Waals surface area contributed by atoms with Crippen LogP contribution in [-0.2, 0) is 23.8 Å². The van der Waals surface area contributed by atoms with E-state index in [4.69, 9.17) is 5.73 Å². The molecule has 7 heteroatoms. The van der Waals surface area contributed by atoms with Crippen LogP contribution in [0.3, 0.4) is 0 Å². The predicted molar refractivity (Wildman–Crippen MR) is 124 cm³/mol. The van der Waals surface area contributed by atoms with Crippen molar-refractivity contribution in [3.63, 3.8) is 0 Å². The zero-order valence-corrected chi connectivity index (χ0v) is 18.4. The Balaban J connectivity index is 1.41. The van der Waals surface area contributed by atoms with Crippen molar-refractivity contribution >= 4 is 28.9 Å². The number of nitrogens with one attached hydrogen (secondary N) is 1. The zero-order chi connectivity index (χ0) is 23.2. The molecule has 33 heavy (non-hydrogen) atoms.